The van der Waals surface area contributed by atoms with Crippen LogP contribution in [0.1, 0.15) is 51.1 Å². The fourth-order valence-electron chi connectivity index (χ4n) is 4.15. The van der Waals surface area contributed by atoms with E-state index in [0.717, 1.165) is 51.9 Å². The highest BCUT2D eigenvalue weighted by Gasteiger charge is 2.40. The average Bonchev–Trinajstić information content (AvgIpc) is 2.61. The lowest BCUT2D eigenvalue weighted by molar-refractivity contribution is -0.141. The SMILES string of the molecule is CC(c1cccnc1)N1CCN(C(=O)C2CCCCC2(C)N)CC1.Cl.Cl.Cl. The van der Waals surface area contributed by atoms with Crippen molar-refractivity contribution in [3.63, 3.8) is 0 Å². The molecule has 5 nitrogen and oxygen atoms in total. The molecule has 1 aliphatic carbocycles. The topological polar surface area (TPSA) is 62.5 Å². The molecule has 1 amide bonds. The van der Waals surface area contributed by atoms with Gasteiger partial charge in [0.25, 0.3) is 0 Å². The molecule has 2 N–H and O–H groups in total. The van der Waals surface area contributed by atoms with Gasteiger partial charge >= 0.3 is 0 Å². The zero-order valence-corrected chi connectivity index (χ0v) is 18.6. The van der Waals surface area contributed by atoms with Crippen molar-refractivity contribution in [3.8, 4) is 0 Å². The molecule has 3 atom stereocenters. The highest BCUT2D eigenvalue weighted by molar-refractivity contribution is 5.86. The van der Waals surface area contributed by atoms with Crippen molar-refractivity contribution in [2.24, 2.45) is 11.7 Å². The number of amides is 1. The Morgan fingerprint density at radius 1 is 1.22 bits per heavy atom. The Hall–Kier alpha value is -0.590. The minimum Gasteiger partial charge on any atom is -0.340 e. The lowest BCUT2D eigenvalue weighted by Crippen LogP contribution is -2.57. The molecule has 1 aliphatic heterocycles. The number of nitrogens with zero attached hydrogens (tertiary/aromatic N) is 3. The minimum atomic E-state index is -0.338. The van der Waals surface area contributed by atoms with E-state index in [4.69, 9.17) is 5.73 Å². The molecule has 27 heavy (non-hydrogen) atoms. The second kappa shape index (κ2) is 11.4. The lowest BCUT2D eigenvalue weighted by Gasteiger charge is -2.43. The summed E-state index contributed by atoms with van der Waals surface area (Å²) in [6.45, 7) is 7.69. The van der Waals surface area contributed by atoms with Gasteiger partial charge in [-0.15, -0.1) is 37.2 Å². The summed E-state index contributed by atoms with van der Waals surface area (Å²) in [5.41, 5.74) is 7.31. The molecule has 0 aromatic carbocycles. The van der Waals surface area contributed by atoms with Crippen LogP contribution in [0.3, 0.4) is 0 Å². The number of carbonyl (C=O) groups is 1. The zero-order valence-electron chi connectivity index (χ0n) is 16.2. The van der Waals surface area contributed by atoms with Crippen molar-refractivity contribution >= 4 is 43.1 Å². The van der Waals surface area contributed by atoms with E-state index in [1.807, 2.05) is 17.2 Å². The van der Waals surface area contributed by atoms with Crippen LogP contribution in [0.25, 0.3) is 0 Å². The first-order valence-electron chi connectivity index (χ1n) is 9.21. The van der Waals surface area contributed by atoms with E-state index in [1.54, 1.807) is 6.20 Å². The summed E-state index contributed by atoms with van der Waals surface area (Å²) in [6, 6.07) is 4.44. The maximum absolute atomic E-state index is 12.9. The molecule has 1 saturated heterocycles. The molecule has 156 valence electrons. The molecule has 1 saturated carbocycles. The monoisotopic (exact) mass is 438 g/mol. The van der Waals surface area contributed by atoms with Gasteiger partial charge in [-0.05, 0) is 38.3 Å². The summed E-state index contributed by atoms with van der Waals surface area (Å²) in [7, 11) is 0. The van der Waals surface area contributed by atoms with E-state index >= 15 is 0 Å². The first-order chi connectivity index (χ1) is 11.5. The van der Waals surface area contributed by atoms with Gasteiger partial charge in [0, 0.05) is 50.2 Å². The van der Waals surface area contributed by atoms with E-state index in [9.17, 15) is 4.79 Å². The van der Waals surface area contributed by atoms with E-state index in [2.05, 4.69) is 29.8 Å². The number of pyridine rings is 1. The number of hydrogen-bond donors (Lipinski definition) is 1. The van der Waals surface area contributed by atoms with E-state index in [-0.39, 0.29) is 54.6 Å². The molecule has 1 aromatic rings. The summed E-state index contributed by atoms with van der Waals surface area (Å²) in [6.07, 6.45) is 7.92. The first-order valence-corrected chi connectivity index (χ1v) is 9.21. The van der Waals surface area contributed by atoms with E-state index in [1.165, 1.54) is 5.56 Å². The Morgan fingerprint density at radius 2 is 1.89 bits per heavy atom. The van der Waals surface area contributed by atoms with Crippen molar-refractivity contribution in [3.05, 3.63) is 30.1 Å². The number of hydrogen-bond acceptors (Lipinski definition) is 4. The Balaban J connectivity index is 0.00000225. The quantitative estimate of drug-likeness (QED) is 0.783. The summed E-state index contributed by atoms with van der Waals surface area (Å²) in [5.74, 6) is 0.266. The van der Waals surface area contributed by atoms with Crippen LogP contribution < -0.4 is 5.73 Å². The summed E-state index contributed by atoms with van der Waals surface area (Å²) < 4.78 is 0. The molecule has 8 heteroatoms. The van der Waals surface area contributed by atoms with Gasteiger partial charge in [0.2, 0.25) is 5.91 Å². The van der Waals surface area contributed by atoms with Crippen LogP contribution in [0.4, 0.5) is 0 Å². The maximum atomic E-state index is 12.9. The van der Waals surface area contributed by atoms with Gasteiger partial charge in [-0.1, -0.05) is 18.9 Å². The Bertz CT molecular complexity index is 565. The largest absolute Gasteiger partial charge is 0.340 e. The van der Waals surface area contributed by atoms with Crippen molar-refractivity contribution in [1.29, 1.82) is 0 Å². The highest BCUT2D eigenvalue weighted by atomic mass is 35.5. The molecule has 0 radical (unpaired) electrons. The second-order valence-corrected chi connectivity index (χ2v) is 7.63. The predicted molar refractivity (Wildman–Crippen MR) is 117 cm³/mol. The van der Waals surface area contributed by atoms with Crippen molar-refractivity contribution in [2.45, 2.75) is 51.1 Å². The highest BCUT2D eigenvalue weighted by Crippen LogP contribution is 2.33. The molecule has 2 fully saturated rings. The van der Waals surface area contributed by atoms with E-state index < -0.39 is 0 Å². The predicted octanol–water partition coefficient (Wildman–Crippen LogP) is 3.46. The molecule has 2 aliphatic rings. The fraction of sp³-hybridized carbons (Fsp3) is 0.684. The third kappa shape index (κ3) is 6.20. The summed E-state index contributed by atoms with van der Waals surface area (Å²) in [4.78, 5) is 21.6. The Kier molecular flexibility index (Phi) is 11.2. The fourth-order valence-corrected chi connectivity index (χ4v) is 4.15. The summed E-state index contributed by atoms with van der Waals surface area (Å²) in [5, 5.41) is 0. The van der Waals surface area contributed by atoms with Gasteiger partial charge in [0.05, 0.1) is 5.92 Å². The summed E-state index contributed by atoms with van der Waals surface area (Å²) >= 11 is 0. The number of rotatable bonds is 3. The molecule has 0 spiro atoms. The smallest absolute Gasteiger partial charge is 0.227 e. The molecular weight excluding hydrogens is 407 g/mol. The number of carbonyl (C=O) groups excluding carboxylic acids is 1. The Labute approximate surface area is 181 Å². The van der Waals surface area contributed by atoms with Crippen LogP contribution in [0.15, 0.2) is 24.5 Å². The molecule has 3 unspecified atom stereocenters. The van der Waals surface area contributed by atoms with Crippen LogP contribution in [-0.2, 0) is 4.79 Å². The molecule has 2 heterocycles. The average molecular weight is 440 g/mol. The van der Waals surface area contributed by atoms with Gasteiger partial charge in [-0.3, -0.25) is 14.7 Å². The minimum absolute atomic E-state index is 0. The van der Waals surface area contributed by atoms with E-state index in [0.29, 0.717) is 6.04 Å². The third-order valence-electron chi connectivity index (χ3n) is 5.89. The number of aromatic nitrogens is 1. The maximum Gasteiger partial charge on any atom is 0.227 e. The van der Waals surface area contributed by atoms with Gasteiger partial charge in [0.15, 0.2) is 0 Å². The normalized spacial score (nSPS) is 26.8. The number of nitrogens with two attached hydrogens (primary N) is 1. The van der Waals surface area contributed by atoms with Crippen molar-refractivity contribution in [2.75, 3.05) is 26.2 Å². The van der Waals surface area contributed by atoms with Gasteiger partial charge in [-0.2, -0.15) is 0 Å². The molecule has 0 bridgehead atoms. The van der Waals surface area contributed by atoms with Crippen LogP contribution >= 0.6 is 37.2 Å². The van der Waals surface area contributed by atoms with Crippen LogP contribution in [0.2, 0.25) is 0 Å². The van der Waals surface area contributed by atoms with Gasteiger partial charge in [-0.25, -0.2) is 0 Å². The Morgan fingerprint density at radius 3 is 2.44 bits per heavy atom. The third-order valence-corrected chi connectivity index (χ3v) is 5.89. The second-order valence-electron chi connectivity index (χ2n) is 7.63. The van der Waals surface area contributed by atoms with Gasteiger partial charge in [0.1, 0.15) is 0 Å². The van der Waals surface area contributed by atoms with Crippen molar-refractivity contribution in [1.82, 2.24) is 14.8 Å². The number of halogens is 3. The standard InChI is InChI=1S/C19H30N4O.3ClH/c1-15(16-6-5-9-21-14-16)22-10-12-23(13-11-22)18(24)17-7-3-4-8-19(17,2)20;;;/h5-6,9,14-15,17H,3-4,7-8,10-13,20H2,1-2H3;3*1H. The first kappa shape index (κ1) is 26.4. The van der Waals surface area contributed by atoms with Crippen LogP contribution in [0.5, 0.6) is 0 Å². The number of piperazine rings is 1. The van der Waals surface area contributed by atoms with Crippen LogP contribution in [-0.4, -0.2) is 52.4 Å². The molecule has 1 aromatic heterocycles. The zero-order chi connectivity index (χ0) is 17.2. The van der Waals surface area contributed by atoms with Gasteiger partial charge < -0.3 is 10.6 Å². The lowest BCUT2D eigenvalue weighted by atomic mass is 9.74. The van der Waals surface area contributed by atoms with Crippen molar-refractivity contribution < 1.29 is 4.79 Å². The molecular formula is C19H33Cl3N4O. The molecule has 3 rings (SSSR count). The van der Waals surface area contributed by atoms with Crippen LogP contribution in [0, 0.1) is 5.92 Å².